The Morgan fingerprint density at radius 1 is 1.16 bits per heavy atom. The number of rotatable bonds is 7. The molecule has 1 aromatic carbocycles. The molecule has 2 saturated heterocycles. The minimum atomic E-state index is -2.86. The van der Waals surface area contributed by atoms with Gasteiger partial charge in [0.25, 0.3) is 0 Å². The molecule has 3 fully saturated rings. The molecular weight excluding hydrogens is 502 g/mol. The van der Waals surface area contributed by atoms with E-state index >= 15 is 0 Å². The molecule has 38 heavy (non-hydrogen) atoms. The SMILES string of the molecule is CC1(C)CCC(COc2cccc(-c3cc4c(N)ncnc4n3C3CC(CN4CCS(=O)(=O)CC4)C3)c2)O1. The molecule has 1 aliphatic carbocycles. The fraction of sp³-hybridized carbons (Fsp3) is 0.571. The minimum absolute atomic E-state index is 0.0793. The summed E-state index contributed by atoms with van der Waals surface area (Å²) in [5.74, 6) is 2.38. The number of benzene rings is 1. The van der Waals surface area contributed by atoms with E-state index in [1.54, 1.807) is 0 Å². The molecule has 0 radical (unpaired) electrons. The number of sulfone groups is 1. The topological polar surface area (TPSA) is 113 Å². The van der Waals surface area contributed by atoms with Gasteiger partial charge in [-0.2, -0.15) is 0 Å². The van der Waals surface area contributed by atoms with Crippen molar-refractivity contribution in [3.63, 3.8) is 0 Å². The van der Waals surface area contributed by atoms with Gasteiger partial charge in [-0.3, -0.25) is 0 Å². The summed E-state index contributed by atoms with van der Waals surface area (Å²) in [6.45, 7) is 7.02. The predicted molar refractivity (Wildman–Crippen MR) is 148 cm³/mol. The van der Waals surface area contributed by atoms with Crippen LogP contribution in [0.4, 0.5) is 5.82 Å². The summed E-state index contributed by atoms with van der Waals surface area (Å²) in [5, 5.41) is 0.861. The van der Waals surface area contributed by atoms with E-state index in [1.807, 2.05) is 12.1 Å². The molecule has 1 atom stereocenters. The van der Waals surface area contributed by atoms with Gasteiger partial charge < -0.3 is 24.7 Å². The van der Waals surface area contributed by atoms with Crippen molar-refractivity contribution in [2.45, 2.75) is 57.3 Å². The predicted octanol–water partition coefficient (Wildman–Crippen LogP) is 3.70. The highest BCUT2D eigenvalue weighted by Gasteiger charge is 2.36. The molecule has 4 heterocycles. The standard InChI is InChI=1S/C28H37N5O4S/c1-28(2)7-6-23(37-28)17-36-22-5-3-4-20(14-22)25-15-24-26(29)30-18-31-27(24)33(25)21-12-19(13-21)16-32-8-10-38(34,35)11-9-32/h3-5,14-15,18-19,21,23H,6-13,16-17H2,1-2H3,(H2,29,30,31). The van der Waals surface area contributed by atoms with E-state index in [0.717, 1.165) is 60.3 Å². The highest BCUT2D eigenvalue weighted by Crippen LogP contribution is 2.44. The van der Waals surface area contributed by atoms with Crippen LogP contribution >= 0.6 is 0 Å². The van der Waals surface area contributed by atoms with Gasteiger partial charge in [-0.05, 0) is 63.6 Å². The van der Waals surface area contributed by atoms with Gasteiger partial charge >= 0.3 is 0 Å². The molecule has 2 N–H and O–H groups in total. The molecule has 1 unspecified atom stereocenters. The molecule has 0 amide bonds. The molecule has 2 aromatic heterocycles. The molecule has 0 bridgehead atoms. The first-order valence-corrected chi connectivity index (χ1v) is 15.4. The lowest BCUT2D eigenvalue weighted by molar-refractivity contribution is -0.0326. The Morgan fingerprint density at radius 2 is 1.95 bits per heavy atom. The van der Waals surface area contributed by atoms with Crippen molar-refractivity contribution in [3.05, 3.63) is 36.7 Å². The van der Waals surface area contributed by atoms with Gasteiger partial charge in [0.1, 0.15) is 30.1 Å². The fourth-order valence-corrected chi connectivity index (χ4v) is 7.41. The Hall–Kier alpha value is -2.69. The molecule has 6 rings (SSSR count). The highest BCUT2D eigenvalue weighted by atomic mass is 32.2. The zero-order chi connectivity index (χ0) is 26.5. The summed E-state index contributed by atoms with van der Waals surface area (Å²) in [7, 11) is -2.86. The van der Waals surface area contributed by atoms with E-state index in [4.69, 9.17) is 15.2 Å². The monoisotopic (exact) mass is 539 g/mol. The third-order valence-corrected chi connectivity index (χ3v) is 9.92. The lowest BCUT2D eigenvalue weighted by atomic mass is 9.79. The number of hydrogen-bond donors (Lipinski definition) is 1. The Bertz CT molecular complexity index is 1420. The Kier molecular flexibility index (Phi) is 6.60. The maximum absolute atomic E-state index is 11.8. The first-order valence-electron chi connectivity index (χ1n) is 13.6. The van der Waals surface area contributed by atoms with Crippen LogP contribution in [0.2, 0.25) is 0 Å². The maximum atomic E-state index is 11.8. The van der Waals surface area contributed by atoms with Crippen molar-refractivity contribution in [1.82, 2.24) is 19.4 Å². The van der Waals surface area contributed by atoms with Gasteiger partial charge in [0.05, 0.1) is 34.3 Å². The van der Waals surface area contributed by atoms with Crippen LogP contribution in [0.25, 0.3) is 22.3 Å². The van der Waals surface area contributed by atoms with Crippen molar-refractivity contribution in [2.24, 2.45) is 5.92 Å². The second-order valence-corrected chi connectivity index (χ2v) is 14.0. The van der Waals surface area contributed by atoms with E-state index in [1.165, 1.54) is 6.33 Å². The van der Waals surface area contributed by atoms with Gasteiger partial charge in [0.2, 0.25) is 0 Å². The highest BCUT2D eigenvalue weighted by molar-refractivity contribution is 7.91. The normalized spacial score (nSPS) is 26.8. The van der Waals surface area contributed by atoms with Crippen molar-refractivity contribution in [2.75, 3.05) is 43.5 Å². The van der Waals surface area contributed by atoms with Crippen LogP contribution in [0.3, 0.4) is 0 Å². The van der Waals surface area contributed by atoms with Crippen molar-refractivity contribution in [3.8, 4) is 17.0 Å². The fourth-order valence-electron chi connectivity index (χ4n) is 6.13. The molecular formula is C28H37N5O4S. The molecule has 10 heteroatoms. The van der Waals surface area contributed by atoms with Crippen LogP contribution in [0.5, 0.6) is 5.75 Å². The molecule has 9 nitrogen and oxygen atoms in total. The second kappa shape index (κ2) is 9.81. The average Bonchev–Trinajstić information content (AvgIpc) is 3.41. The largest absolute Gasteiger partial charge is 0.491 e. The van der Waals surface area contributed by atoms with Gasteiger partial charge in [0, 0.05) is 31.2 Å². The third kappa shape index (κ3) is 5.26. The van der Waals surface area contributed by atoms with Crippen LogP contribution in [-0.2, 0) is 14.6 Å². The van der Waals surface area contributed by atoms with Crippen LogP contribution < -0.4 is 10.5 Å². The van der Waals surface area contributed by atoms with E-state index < -0.39 is 9.84 Å². The number of fused-ring (bicyclic) bond motifs is 1. The lowest BCUT2D eigenvalue weighted by Gasteiger charge is -2.41. The zero-order valence-electron chi connectivity index (χ0n) is 22.2. The molecule has 3 aliphatic rings. The first-order chi connectivity index (χ1) is 18.2. The lowest BCUT2D eigenvalue weighted by Crippen LogP contribution is -2.45. The van der Waals surface area contributed by atoms with E-state index in [0.29, 0.717) is 37.5 Å². The van der Waals surface area contributed by atoms with Crippen LogP contribution in [-0.4, -0.2) is 77.3 Å². The van der Waals surface area contributed by atoms with E-state index in [2.05, 4.69) is 51.5 Å². The number of nitrogens with zero attached hydrogens (tertiary/aromatic N) is 4. The Balaban J connectivity index is 1.20. The number of anilines is 1. The molecule has 2 aliphatic heterocycles. The van der Waals surface area contributed by atoms with Crippen molar-refractivity contribution < 1.29 is 17.9 Å². The average molecular weight is 540 g/mol. The molecule has 3 aromatic rings. The number of nitrogen functional groups attached to an aromatic ring is 1. The van der Waals surface area contributed by atoms with Crippen LogP contribution in [0, 0.1) is 5.92 Å². The Labute approximate surface area is 224 Å². The summed E-state index contributed by atoms with van der Waals surface area (Å²) >= 11 is 0. The number of hydrogen-bond acceptors (Lipinski definition) is 8. The molecule has 1 saturated carbocycles. The number of aromatic nitrogens is 3. The van der Waals surface area contributed by atoms with E-state index in [9.17, 15) is 8.42 Å². The summed E-state index contributed by atoms with van der Waals surface area (Å²) in [6, 6.07) is 10.6. The van der Waals surface area contributed by atoms with E-state index in [-0.39, 0.29) is 23.2 Å². The summed E-state index contributed by atoms with van der Waals surface area (Å²) < 4.78 is 38.1. The summed E-state index contributed by atoms with van der Waals surface area (Å²) in [4.78, 5) is 11.1. The molecule has 0 spiro atoms. The van der Waals surface area contributed by atoms with Crippen LogP contribution in [0.15, 0.2) is 36.7 Å². The van der Waals surface area contributed by atoms with Crippen molar-refractivity contribution >= 4 is 26.7 Å². The summed E-state index contributed by atoms with van der Waals surface area (Å²) in [5.41, 5.74) is 9.15. The Morgan fingerprint density at radius 3 is 2.68 bits per heavy atom. The van der Waals surface area contributed by atoms with Gasteiger partial charge in [0.15, 0.2) is 9.84 Å². The molecule has 204 valence electrons. The third-order valence-electron chi connectivity index (χ3n) is 8.31. The smallest absolute Gasteiger partial charge is 0.152 e. The first kappa shape index (κ1) is 25.6. The van der Waals surface area contributed by atoms with Gasteiger partial charge in [-0.25, -0.2) is 18.4 Å². The maximum Gasteiger partial charge on any atom is 0.152 e. The number of ether oxygens (including phenoxy) is 2. The van der Waals surface area contributed by atoms with Gasteiger partial charge in [-0.15, -0.1) is 0 Å². The van der Waals surface area contributed by atoms with Crippen LogP contribution in [0.1, 0.15) is 45.6 Å². The summed E-state index contributed by atoms with van der Waals surface area (Å²) in [6.07, 6.45) is 5.74. The second-order valence-electron chi connectivity index (χ2n) is 11.7. The number of nitrogens with two attached hydrogens (primary N) is 1. The quantitative estimate of drug-likeness (QED) is 0.484. The van der Waals surface area contributed by atoms with Crippen molar-refractivity contribution in [1.29, 1.82) is 0 Å². The zero-order valence-corrected chi connectivity index (χ0v) is 23.0. The minimum Gasteiger partial charge on any atom is -0.491 e. The van der Waals surface area contributed by atoms with Gasteiger partial charge in [-0.1, -0.05) is 12.1 Å².